The third-order valence-electron chi connectivity index (χ3n) is 4.62. The van der Waals surface area contributed by atoms with Crippen molar-refractivity contribution < 1.29 is 14.3 Å². The van der Waals surface area contributed by atoms with Crippen molar-refractivity contribution in [3.05, 3.63) is 28.0 Å². The first-order chi connectivity index (χ1) is 11.6. The van der Waals surface area contributed by atoms with Gasteiger partial charge in [-0.25, -0.2) is 9.78 Å². The van der Waals surface area contributed by atoms with Crippen LogP contribution < -0.4 is 0 Å². The van der Waals surface area contributed by atoms with E-state index in [1.807, 2.05) is 20.8 Å². The summed E-state index contributed by atoms with van der Waals surface area (Å²) in [6.07, 6.45) is 1.29. The van der Waals surface area contributed by atoms with Crippen LogP contribution in [0.15, 0.2) is 12.1 Å². The SMILES string of the molecule is CC(C)(C)OC(=O)N1CCC12CCN(C(=O)c1cc(Cl)nc(Cl)c1)C2. The van der Waals surface area contributed by atoms with Gasteiger partial charge >= 0.3 is 6.09 Å². The standard InChI is InChI=1S/C17H21Cl2N3O3/c1-16(2,3)25-15(24)22-7-5-17(22)4-6-21(10-17)14(23)11-8-12(18)20-13(19)9-11/h8-9H,4-7,10H2,1-3H3. The van der Waals surface area contributed by atoms with Crippen LogP contribution >= 0.6 is 23.2 Å². The van der Waals surface area contributed by atoms with Crippen molar-refractivity contribution in [2.45, 2.75) is 44.8 Å². The molecule has 0 saturated carbocycles. The lowest BCUT2D eigenvalue weighted by Crippen LogP contribution is -2.64. The number of nitrogens with zero attached hydrogens (tertiary/aromatic N) is 3. The number of aromatic nitrogens is 1. The fourth-order valence-electron chi connectivity index (χ4n) is 3.37. The van der Waals surface area contributed by atoms with Crippen LogP contribution in [0.5, 0.6) is 0 Å². The maximum Gasteiger partial charge on any atom is 0.410 e. The van der Waals surface area contributed by atoms with E-state index in [0.29, 0.717) is 25.2 Å². The lowest BCUT2D eigenvalue weighted by molar-refractivity contribution is -0.0399. The predicted molar refractivity (Wildman–Crippen MR) is 95.1 cm³/mol. The minimum absolute atomic E-state index is 0.154. The molecule has 2 amide bonds. The summed E-state index contributed by atoms with van der Waals surface area (Å²) >= 11 is 11.8. The number of rotatable bonds is 1. The molecule has 1 aromatic heterocycles. The van der Waals surface area contributed by atoms with E-state index >= 15 is 0 Å². The van der Waals surface area contributed by atoms with Gasteiger partial charge in [0.05, 0.1) is 5.54 Å². The molecule has 1 unspecified atom stereocenters. The molecule has 6 nitrogen and oxygen atoms in total. The van der Waals surface area contributed by atoms with Gasteiger partial charge in [-0.15, -0.1) is 0 Å². The van der Waals surface area contributed by atoms with Crippen molar-refractivity contribution in [1.29, 1.82) is 0 Å². The summed E-state index contributed by atoms with van der Waals surface area (Å²) in [5, 5.41) is 0.368. The molecule has 0 N–H and O–H groups in total. The van der Waals surface area contributed by atoms with E-state index in [4.69, 9.17) is 27.9 Å². The molecule has 3 heterocycles. The van der Waals surface area contributed by atoms with E-state index in [1.165, 1.54) is 12.1 Å². The zero-order chi connectivity index (χ0) is 18.4. The van der Waals surface area contributed by atoms with Crippen molar-refractivity contribution in [3.63, 3.8) is 0 Å². The van der Waals surface area contributed by atoms with Gasteiger partial charge in [0, 0.05) is 25.2 Å². The minimum atomic E-state index is -0.535. The average molecular weight is 386 g/mol. The van der Waals surface area contributed by atoms with Gasteiger partial charge in [-0.2, -0.15) is 0 Å². The smallest absolute Gasteiger partial charge is 0.410 e. The molecular formula is C17H21Cl2N3O3. The van der Waals surface area contributed by atoms with Crippen molar-refractivity contribution >= 4 is 35.2 Å². The molecule has 3 rings (SSSR count). The van der Waals surface area contributed by atoms with Crippen LogP contribution in [-0.4, -0.2) is 57.6 Å². The Morgan fingerprint density at radius 3 is 2.28 bits per heavy atom. The van der Waals surface area contributed by atoms with Gasteiger partial charge < -0.3 is 14.5 Å². The van der Waals surface area contributed by atoms with Crippen molar-refractivity contribution in [1.82, 2.24) is 14.8 Å². The minimum Gasteiger partial charge on any atom is -0.444 e. The van der Waals surface area contributed by atoms with E-state index in [-0.39, 0.29) is 27.8 Å². The monoisotopic (exact) mass is 385 g/mol. The molecule has 0 bridgehead atoms. The van der Waals surface area contributed by atoms with E-state index in [1.54, 1.807) is 9.80 Å². The van der Waals surface area contributed by atoms with Crippen LogP contribution in [0.2, 0.25) is 10.3 Å². The Kier molecular flexibility index (Phi) is 4.62. The van der Waals surface area contributed by atoms with Crippen LogP contribution in [-0.2, 0) is 4.74 Å². The van der Waals surface area contributed by atoms with E-state index in [2.05, 4.69) is 4.98 Å². The van der Waals surface area contributed by atoms with Gasteiger partial charge in [0.15, 0.2) is 0 Å². The Labute approximate surface area is 157 Å². The third kappa shape index (κ3) is 3.70. The number of halogens is 2. The molecule has 1 aromatic rings. The number of hydrogen-bond acceptors (Lipinski definition) is 4. The average Bonchev–Trinajstić information content (AvgIpc) is 2.89. The molecule has 136 valence electrons. The van der Waals surface area contributed by atoms with Gasteiger partial charge in [-0.05, 0) is 45.7 Å². The first-order valence-corrected chi connectivity index (χ1v) is 8.98. The highest BCUT2D eigenvalue weighted by atomic mass is 35.5. The highest BCUT2D eigenvalue weighted by Gasteiger charge is 2.53. The number of likely N-dealkylation sites (tertiary alicyclic amines) is 2. The molecule has 8 heteroatoms. The third-order valence-corrected chi connectivity index (χ3v) is 5.00. The first kappa shape index (κ1) is 18.3. The zero-order valence-corrected chi connectivity index (χ0v) is 16.0. The fourth-order valence-corrected chi connectivity index (χ4v) is 3.83. The topological polar surface area (TPSA) is 62.7 Å². The Morgan fingerprint density at radius 1 is 1.16 bits per heavy atom. The first-order valence-electron chi connectivity index (χ1n) is 8.23. The molecule has 2 aliphatic heterocycles. The number of pyridine rings is 1. The molecule has 0 aromatic carbocycles. The Bertz CT molecular complexity index is 699. The molecule has 2 saturated heterocycles. The number of amides is 2. The summed E-state index contributed by atoms with van der Waals surface area (Å²) in [4.78, 5) is 32.5. The second kappa shape index (κ2) is 6.32. The Hall–Kier alpha value is -1.53. The quantitative estimate of drug-likeness (QED) is 0.692. The van der Waals surface area contributed by atoms with Gasteiger partial charge in [0.1, 0.15) is 15.9 Å². The van der Waals surface area contributed by atoms with E-state index < -0.39 is 5.60 Å². The van der Waals surface area contributed by atoms with Crippen molar-refractivity contribution in [3.8, 4) is 0 Å². The van der Waals surface area contributed by atoms with E-state index in [0.717, 1.165) is 12.8 Å². The predicted octanol–water partition coefficient (Wildman–Crippen LogP) is 3.61. The fraction of sp³-hybridized carbons (Fsp3) is 0.588. The van der Waals surface area contributed by atoms with Gasteiger partial charge in [0.25, 0.3) is 5.91 Å². The van der Waals surface area contributed by atoms with Crippen LogP contribution in [0.25, 0.3) is 0 Å². The van der Waals surface area contributed by atoms with Crippen LogP contribution in [0, 0.1) is 0 Å². The molecular weight excluding hydrogens is 365 g/mol. The van der Waals surface area contributed by atoms with Crippen molar-refractivity contribution in [2.24, 2.45) is 0 Å². The number of hydrogen-bond donors (Lipinski definition) is 0. The summed E-state index contributed by atoms with van der Waals surface area (Å²) in [6, 6.07) is 3.01. The van der Waals surface area contributed by atoms with Gasteiger partial charge in [-0.1, -0.05) is 23.2 Å². The van der Waals surface area contributed by atoms with E-state index in [9.17, 15) is 9.59 Å². The number of ether oxygens (including phenoxy) is 1. The normalized spacial score (nSPS) is 22.9. The second-order valence-electron chi connectivity index (χ2n) is 7.58. The molecule has 25 heavy (non-hydrogen) atoms. The van der Waals surface area contributed by atoms with Gasteiger partial charge in [0.2, 0.25) is 0 Å². The highest BCUT2D eigenvalue weighted by Crippen LogP contribution is 2.40. The van der Waals surface area contributed by atoms with Crippen LogP contribution in [0.3, 0.4) is 0 Å². The summed E-state index contributed by atoms with van der Waals surface area (Å²) in [5.74, 6) is -0.154. The maximum absolute atomic E-state index is 12.7. The molecule has 0 aliphatic carbocycles. The van der Waals surface area contributed by atoms with Crippen molar-refractivity contribution in [2.75, 3.05) is 19.6 Å². The molecule has 0 radical (unpaired) electrons. The lowest BCUT2D eigenvalue weighted by Gasteiger charge is -2.50. The van der Waals surface area contributed by atoms with Crippen LogP contribution in [0.4, 0.5) is 4.79 Å². The molecule has 2 aliphatic rings. The molecule has 1 spiro atoms. The summed E-state index contributed by atoms with van der Waals surface area (Å²) in [7, 11) is 0. The Morgan fingerprint density at radius 2 is 1.76 bits per heavy atom. The lowest BCUT2D eigenvalue weighted by atomic mass is 9.84. The number of carbonyl (C=O) groups is 2. The maximum atomic E-state index is 12.7. The largest absolute Gasteiger partial charge is 0.444 e. The summed E-state index contributed by atoms with van der Waals surface area (Å²) < 4.78 is 5.48. The summed E-state index contributed by atoms with van der Waals surface area (Å²) in [6.45, 7) is 7.26. The highest BCUT2D eigenvalue weighted by molar-refractivity contribution is 6.33. The Balaban J connectivity index is 1.70. The zero-order valence-electron chi connectivity index (χ0n) is 14.5. The molecule has 1 atom stereocenters. The summed E-state index contributed by atoms with van der Waals surface area (Å²) in [5.41, 5.74) is -0.448. The molecule has 2 fully saturated rings. The second-order valence-corrected chi connectivity index (χ2v) is 8.36. The number of carbonyl (C=O) groups excluding carboxylic acids is 2. The van der Waals surface area contributed by atoms with Crippen LogP contribution in [0.1, 0.15) is 44.0 Å². The van der Waals surface area contributed by atoms with Gasteiger partial charge in [-0.3, -0.25) is 4.79 Å².